The molecule has 0 aliphatic carbocycles. The van der Waals surface area contributed by atoms with Crippen molar-refractivity contribution >= 4 is 11.6 Å². The van der Waals surface area contributed by atoms with Crippen LogP contribution in [0.25, 0.3) is 11.1 Å². The number of amides is 1. The van der Waals surface area contributed by atoms with Crippen LogP contribution in [-0.4, -0.2) is 28.2 Å². The highest BCUT2D eigenvalue weighted by atomic mass is 19.1. The summed E-state index contributed by atoms with van der Waals surface area (Å²) in [6.07, 6.45) is 1.52. The van der Waals surface area contributed by atoms with Gasteiger partial charge in [0.25, 0.3) is 11.5 Å². The normalized spacial score (nSPS) is 10.4. The van der Waals surface area contributed by atoms with Gasteiger partial charge in [0.15, 0.2) is 0 Å². The fourth-order valence-corrected chi connectivity index (χ4v) is 2.44. The van der Waals surface area contributed by atoms with Gasteiger partial charge in [0.2, 0.25) is 5.88 Å². The van der Waals surface area contributed by atoms with Crippen LogP contribution in [0.2, 0.25) is 0 Å². The Morgan fingerprint density at radius 3 is 2.85 bits per heavy atom. The molecule has 0 aliphatic heterocycles. The van der Waals surface area contributed by atoms with Crippen molar-refractivity contribution < 1.29 is 13.9 Å². The van der Waals surface area contributed by atoms with Gasteiger partial charge in [-0.15, -0.1) is 0 Å². The number of nitrogens with one attached hydrogen (secondary N) is 2. The highest BCUT2D eigenvalue weighted by Crippen LogP contribution is 2.23. The Hall–Kier alpha value is -3.55. The van der Waals surface area contributed by atoms with E-state index in [0.717, 1.165) is 6.07 Å². The van der Waals surface area contributed by atoms with E-state index >= 15 is 0 Å². The van der Waals surface area contributed by atoms with Crippen molar-refractivity contribution in [3.63, 3.8) is 0 Å². The second-order valence-corrected chi connectivity index (χ2v) is 5.50. The van der Waals surface area contributed by atoms with Gasteiger partial charge in [-0.05, 0) is 48.9 Å². The van der Waals surface area contributed by atoms with E-state index in [1.165, 1.54) is 31.5 Å². The molecule has 132 valence electrons. The summed E-state index contributed by atoms with van der Waals surface area (Å²) in [7, 11) is 1.43. The highest BCUT2D eigenvalue weighted by Gasteiger charge is 2.14. The summed E-state index contributed by atoms with van der Waals surface area (Å²) < 4.78 is 19.1. The smallest absolute Gasteiger partial charge is 0.272 e. The topological polar surface area (TPSA) is 97.0 Å². The molecule has 3 rings (SSSR count). The van der Waals surface area contributed by atoms with Crippen LogP contribution < -0.4 is 15.6 Å². The average Bonchev–Trinajstić information content (AvgIpc) is 2.63. The third-order valence-corrected chi connectivity index (χ3v) is 3.62. The second kappa shape index (κ2) is 7.14. The lowest BCUT2D eigenvalue weighted by Gasteiger charge is -2.10. The summed E-state index contributed by atoms with van der Waals surface area (Å²) in [5, 5.41) is 8.74. The van der Waals surface area contributed by atoms with Crippen molar-refractivity contribution in [2.75, 3.05) is 12.4 Å². The molecule has 8 heteroatoms. The number of aromatic amines is 1. The number of carbonyl (C=O) groups is 1. The van der Waals surface area contributed by atoms with E-state index in [2.05, 4.69) is 20.5 Å². The van der Waals surface area contributed by atoms with E-state index in [4.69, 9.17) is 4.74 Å². The maximum Gasteiger partial charge on any atom is 0.272 e. The molecule has 1 aromatic carbocycles. The number of nitrogens with zero attached hydrogens (tertiary/aromatic N) is 2. The van der Waals surface area contributed by atoms with Crippen LogP contribution in [0.5, 0.6) is 5.88 Å². The molecule has 1 amide bonds. The second-order valence-electron chi connectivity index (χ2n) is 5.50. The molecule has 0 radical (unpaired) electrons. The van der Waals surface area contributed by atoms with Gasteiger partial charge in [-0.25, -0.2) is 14.5 Å². The molecule has 0 fully saturated rings. The van der Waals surface area contributed by atoms with Gasteiger partial charge in [-0.1, -0.05) is 0 Å². The minimum Gasteiger partial charge on any atom is -0.480 e. The summed E-state index contributed by atoms with van der Waals surface area (Å²) in [6, 6.07) is 8.48. The lowest BCUT2D eigenvalue weighted by Crippen LogP contribution is -2.15. The Balaban J connectivity index is 1.98. The number of pyridine rings is 1. The number of H-pyrrole nitrogens is 1. The van der Waals surface area contributed by atoms with Crippen LogP contribution in [0, 0.1) is 12.7 Å². The minimum absolute atomic E-state index is 0.0553. The number of carbonyl (C=O) groups excluding carboxylic acids is 1. The third-order valence-electron chi connectivity index (χ3n) is 3.62. The fraction of sp³-hybridized carbons (Fsp3) is 0.111. The van der Waals surface area contributed by atoms with Crippen molar-refractivity contribution in [2.45, 2.75) is 6.92 Å². The first-order valence-electron chi connectivity index (χ1n) is 7.65. The standard InChI is InChI=1S/C18H15FN4O3/c1-10-6-14(17(25)23-22-10)11-7-12(9-13(19)8-11)16(24)21-15-4-3-5-20-18(15)26-2/h3-9H,1-2H3,(H,21,24)(H,23,25). The number of anilines is 1. The Labute approximate surface area is 147 Å². The first-order valence-corrected chi connectivity index (χ1v) is 7.65. The molecular formula is C18H15FN4O3. The number of aryl methyl sites for hydroxylation is 1. The largest absolute Gasteiger partial charge is 0.480 e. The highest BCUT2D eigenvalue weighted by molar-refractivity contribution is 6.05. The van der Waals surface area contributed by atoms with Crippen molar-refractivity contribution in [3.05, 3.63) is 70.0 Å². The zero-order valence-corrected chi connectivity index (χ0v) is 14.0. The van der Waals surface area contributed by atoms with Crippen LogP contribution in [-0.2, 0) is 0 Å². The number of ether oxygens (including phenoxy) is 1. The summed E-state index contributed by atoms with van der Waals surface area (Å²) >= 11 is 0. The lowest BCUT2D eigenvalue weighted by atomic mass is 10.0. The maximum absolute atomic E-state index is 14.0. The number of methoxy groups -OCH3 is 1. The van der Waals surface area contributed by atoms with Gasteiger partial charge in [0.05, 0.1) is 18.4 Å². The van der Waals surface area contributed by atoms with E-state index in [0.29, 0.717) is 11.4 Å². The van der Waals surface area contributed by atoms with Crippen molar-refractivity contribution in [2.24, 2.45) is 0 Å². The summed E-state index contributed by atoms with van der Waals surface area (Å²) in [6.45, 7) is 1.70. The molecule has 0 saturated carbocycles. The van der Waals surface area contributed by atoms with E-state index in [-0.39, 0.29) is 22.6 Å². The van der Waals surface area contributed by atoms with Crippen molar-refractivity contribution in [1.82, 2.24) is 15.2 Å². The molecule has 0 bridgehead atoms. The number of rotatable bonds is 4. The van der Waals surface area contributed by atoms with Crippen LogP contribution in [0.4, 0.5) is 10.1 Å². The molecule has 0 spiro atoms. The maximum atomic E-state index is 14.0. The molecule has 0 aliphatic rings. The van der Waals surface area contributed by atoms with Crippen LogP contribution in [0.1, 0.15) is 16.1 Å². The molecule has 26 heavy (non-hydrogen) atoms. The predicted molar refractivity (Wildman–Crippen MR) is 93.7 cm³/mol. The fourth-order valence-electron chi connectivity index (χ4n) is 2.44. The molecule has 2 heterocycles. The molecule has 2 aromatic heterocycles. The summed E-state index contributed by atoms with van der Waals surface area (Å²) in [4.78, 5) is 28.5. The Morgan fingerprint density at radius 2 is 2.08 bits per heavy atom. The van der Waals surface area contributed by atoms with Crippen LogP contribution in [0.15, 0.2) is 47.4 Å². The quantitative estimate of drug-likeness (QED) is 0.750. The molecular weight excluding hydrogens is 339 g/mol. The van der Waals surface area contributed by atoms with Gasteiger partial charge in [-0.3, -0.25) is 9.59 Å². The lowest BCUT2D eigenvalue weighted by molar-refractivity contribution is 0.102. The Bertz CT molecular complexity index is 1030. The van der Waals surface area contributed by atoms with E-state index in [1.807, 2.05) is 0 Å². The Morgan fingerprint density at radius 1 is 1.27 bits per heavy atom. The molecule has 0 atom stereocenters. The first kappa shape index (κ1) is 17.3. The van der Waals surface area contributed by atoms with Gasteiger partial charge in [0, 0.05) is 11.8 Å². The number of aromatic nitrogens is 3. The molecule has 2 N–H and O–H groups in total. The van der Waals surface area contributed by atoms with E-state index < -0.39 is 17.3 Å². The monoisotopic (exact) mass is 354 g/mol. The average molecular weight is 354 g/mol. The first-order chi connectivity index (χ1) is 12.5. The number of halogens is 1. The van der Waals surface area contributed by atoms with Crippen LogP contribution in [0.3, 0.4) is 0 Å². The Kier molecular flexibility index (Phi) is 4.74. The van der Waals surface area contributed by atoms with Gasteiger partial charge in [-0.2, -0.15) is 5.10 Å². The van der Waals surface area contributed by atoms with Crippen molar-refractivity contribution in [3.8, 4) is 17.0 Å². The molecule has 3 aromatic rings. The van der Waals surface area contributed by atoms with Gasteiger partial charge in [0.1, 0.15) is 11.5 Å². The number of hydrogen-bond donors (Lipinski definition) is 2. The predicted octanol–water partition coefficient (Wildman–Crippen LogP) is 2.54. The summed E-state index contributed by atoms with van der Waals surface area (Å²) in [5.41, 5.74) is 1.00. The summed E-state index contributed by atoms with van der Waals surface area (Å²) in [5.74, 6) is -0.961. The third kappa shape index (κ3) is 3.59. The minimum atomic E-state index is -0.639. The van der Waals surface area contributed by atoms with Crippen LogP contribution >= 0.6 is 0 Å². The van der Waals surface area contributed by atoms with Gasteiger partial charge >= 0.3 is 0 Å². The number of hydrogen-bond acceptors (Lipinski definition) is 5. The molecule has 0 unspecified atom stereocenters. The van der Waals surface area contributed by atoms with E-state index in [1.54, 1.807) is 19.1 Å². The zero-order chi connectivity index (χ0) is 18.7. The zero-order valence-electron chi connectivity index (χ0n) is 14.0. The van der Waals surface area contributed by atoms with E-state index in [9.17, 15) is 14.0 Å². The SMILES string of the molecule is COc1ncccc1NC(=O)c1cc(F)cc(-c2cc(C)n[nH]c2=O)c1. The number of benzene rings is 1. The van der Waals surface area contributed by atoms with Crippen molar-refractivity contribution in [1.29, 1.82) is 0 Å². The molecule has 0 saturated heterocycles. The molecule has 7 nitrogen and oxygen atoms in total. The van der Waals surface area contributed by atoms with Gasteiger partial charge < -0.3 is 10.1 Å².